The van der Waals surface area contributed by atoms with Crippen LogP contribution in [0.2, 0.25) is 0 Å². The fourth-order valence-corrected chi connectivity index (χ4v) is 2.97. The van der Waals surface area contributed by atoms with Gasteiger partial charge in [-0.25, -0.2) is 4.39 Å². The Morgan fingerprint density at radius 2 is 2.11 bits per heavy atom. The van der Waals surface area contributed by atoms with Crippen molar-refractivity contribution < 1.29 is 9.13 Å². The van der Waals surface area contributed by atoms with Gasteiger partial charge in [0.05, 0.1) is 7.11 Å². The van der Waals surface area contributed by atoms with Gasteiger partial charge in [-0.1, -0.05) is 15.9 Å². The zero-order valence-corrected chi connectivity index (χ0v) is 12.2. The Morgan fingerprint density at radius 1 is 1.44 bits per heavy atom. The van der Waals surface area contributed by atoms with Crippen LogP contribution < -0.4 is 10.5 Å². The van der Waals surface area contributed by atoms with Crippen molar-refractivity contribution in [1.29, 1.82) is 0 Å². The van der Waals surface area contributed by atoms with Crippen LogP contribution in [0.25, 0.3) is 0 Å². The maximum atomic E-state index is 14.8. The fourth-order valence-electron chi connectivity index (χ4n) is 2.56. The van der Waals surface area contributed by atoms with Crippen LogP contribution in [0.15, 0.2) is 22.7 Å². The van der Waals surface area contributed by atoms with Gasteiger partial charge in [-0.2, -0.15) is 0 Å². The highest BCUT2D eigenvalue weighted by Crippen LogP contribution is 2.37. The smallest absolute Gasteiger partial charge is 0.122 e. The molecule has 1 saturated carbocycles. The van der Waals surface area contributed by atoms with Gasteiger partial charge in [-0.15, -0.1) is 0 Å². The van der Waals surface area contributed by atoms with Crippen molar-refractivity contribution in [2.45, 2.75) is 43.8 Å². The highest BCUT2D eigenvalue weighted by atomic mass is 79.9. The normalized spacial score (nSPS) is 28.1. The molecule has 0 bridgehead atoms. The molecule has 100 valence electrons. The Labute approximate surface area is 116 Å². The standard InChI is InChI=1S/C14H19BrFNO/c1-18-13-3-2-11(15)8-10(13)9-14(16)6-4-12(17)5-7-14/h2-3,8,12H,4-7,9,17H2,1H3. The maximum absolute atomic E-state index is 14.8. The Kier molecular flexibility index (Phi) is 4.28. The summed E-state index contributed by atoms with van der Waals surface area (Å²) in [7, 11) is 1.62. The van der Waals surface area contributed by atoms with Gasteiger partial charge in [0.1, 0.15) is 11.4 Å². The average molecular weight is 316 g/mol. The molecule has 0 aliphatic heterocycles. The summed E-state index contributed by atoms with van der Waals surface area (Å²) in [5.74, 6) is 0.755. The minimum absolute atomic E-state index is 0.165. The lowest BCUT2D eigenvalue weighted by atomic mass is 9.80. The van der Waals surface area contributed by atoms with E-state index in [0.29, 0.717) is 19.3 Å². The molecule has 2 nitrogen and oxygen atoms in total. The summed E-state index contributed by atoms with van der Waals surface area (Å²) < 4.78 is 21.0. The number of hydrogen-bond donors (Lipinski definition) is 1. The highest BCUT2D eigenvalue weighted by molar-refractivity contribution is 9.10. The summed E-state index contributed by atoms with van der Waals surface area (Å²) in [6.45, 7) is 0. The van der Waals surface area contributed by atoms with Crippen LogP contribution >= 0.6 is 15.9 Å². The number of alkyl halides is 1. The van der Waals surface area contributed by atoms with Crippen LogP contribution in [0, 0.1) is 0 Å². The van der Waals surface area contributed by atoms with Crippen molar-refractivity contribution >= 4 is 15.9 Å². The molecule has 0 spiro atoms. The van der Waals surface area contributed by atoms with E-state index >= 15 is 0 Å². The summed E-state index contributed by atoms with van der Waals surface area (Å²) in [4.78, 5) is 0. The van der Waals surface area contributed by atoms with Crippen LogP contribution in [0.5, 0.6) is 5.75 Å². The van der Waals surface area contributed by atoms with Crippen LogP contribution in [0.3, 0.4) is 0 Å². The Morgan fingerprint density at radius 3 is 2.72 bits per heavy atom. The van der Waals surface area contributed by atoms with Crippen molar-refractivity contribution in [1.82, 2.24) is 0 Å². The van der Waals surface area contributed by atoms with E-state index in [1.165, 1.54) is 0 Å². The second kappa shape index (κ2) is 5.57. The first-order valence-electron chi connectivity index (χ1n) is 6.29. The lowest BCUT2D eigenvalue weighted by molar-refractivity contribution is 0.0987. The summed E-state index contributed by atoms with van der Waals surface area (Å²) in [5, 5.41) is 0. The lowest BCUT2D eigenvalue weighted by Crippen LogP contribution is -2.37. The van der Waals surface area contributed by atoms with Gasteiger partial charge in [0.15, 0.2) is 0 Å². The van der Waals surface area contributed by atoms with Gasteiger partial charge in [-0.3, -0.25) is 0 Å². The number of benzene rings is 1. The molecule has 1 aromatic carbocycles. The van der Waals surface area contributed by atoms with Crippen molar-refractivity contribution in [3.63, 3.8) is 0 Å². The van der Waals surface area contributed by atoms with E-state index in [4.69, 9.17) is 10.5 Å². The van der Waals surface area contributed by atoms with Crippen molar-refractivity contribution in [3.8, 4) is 5.75 Å². The fraction of sp³-hybridized carbons (Fsp3) is 0.571. The van der Waals surface area contributed by atoms with Crippen molar-refractivity contribution in [2.24, 2.45) is 5.73 Å². The third kappa shape index (κ3) is 3.23. The van der Waals surface area contributed by atoms with E-state index < -0.39 is 5.67 Å². The Hall–Kier alpha value is -0.610. The molecular weight excluding hydrogens is 297 g/mol. The molecule has 4 heteroatoms. The van der Waals surface area contributed by atoms with Crippen molar-refractivity contribution in [3.05, 3.63) is 28.2 Å². The third-order valence-electron chi connectivity index (χ3n) is 3.68. The van der Waals surface area contributed by atoms with E-state index in [0.717, 1.165) is 28.6 Å². The molecular formula is C14H19BrFNO. The van der Waals surface area contributed by atoms with E-state index in [9.17, 15) is 4.39 Å². The van der Waals surface area contributed by atoms with Crippen LogP contribution in [-0.2, 0) is 6.42 Å². The molecule has 0 atom stereocenters. The van der Waals surface area contributed by atoms with Crippen LogP contribution in [0.1, 0.15) is 31.2 Å². The summed E-state index contributed by atoms with van der Waals surface area (Å²) in [6.07, 6.45) is 3.04. The van der Waals surface area contributed by atoms with Gasteiger partial charge in [-0.05, 0) is 49.4 Å². The number of ether oxygens (including phenoxy) is 1. The Balaban J connectivity index is 2.15. The number of nitrogens with two attached hydrogens (primary N) is 1. The molecule has 0 radical (unpaired) electrons. The zero-order chi connectivity index (χ0) is 13.2. The van der Waals surface area contributed by atoms with Gasteiger partial charge < -0.3 is 10.5 Å². The SMILES string of the molecule is COc1ccc(Br)cc1CC1(F)CCC(N)CC1. The summed E-state index contributed by atoms with van der Waals surface area (Å²) >= 11 is 3.42. The number of rotatable bonds is 3. The van der Waals surface area contributed by atoms with Crippen LogP contribution in [-0.4, -0.2) is 18.8 Å². The molecule has 0 amide bonds. The predicted molar refractivity (Wildman–Crippen MR) is 74.7 cm³/mol. The van der Waals surface area contributed by atoms with Gasteiger partial charge >= 0.3 is 0 Å². The van der Waals surface area contributed by atoms with Crippen LogP contribution in [0.4, 0.5) is 4.39 Å². The minimum Gasteiger partial charge on any atom is -0.496 e. The zero-order valence-electron chi connectivity index (χ0n) is 10.6. The minimum atomic E-state index is -1.13. The molecule has 0 unspecified atom stereocenters. The first kappa shape index (κ1) is 13.8. The maximum Gasteiger partial charge on any atom is 0.122 e. The topological polar surface area (TPSA) is 35.2 Å². The summed E-state index contributed by atoms with van der Waals surface area (Å²) in [6, 6.07) is 5.88. The molecule has 2 N–H and O–H groups in total. The molecule has 0 aromatic heterocycles. The molecule has 1 aromatic rings. The quantitative estimate of drug-likeness (QED) is 0.924. The van der Waals surface area contributed by atoms with E-state index in [-0.39, 0.29) is 6.04 Å². The largest absolute Gasteiger partial charge is 0.496 e. The second-order valence-electron chi connectivity index (χ2n) is 5.12. The molecule has 0 heterocycles. The Bertz CT molecular complexity index is 416. The van der Waals surface area contributed by atoms with Gasteiger partial charge in [0, 0.05) is 16.9 Å². The van der Waals surface area contributed by atoms with E-state index in [2.05, 4.69) is 15.9 Å². The highest BCUT2D eigenvalue weighted by Gasteiger charge is 2.35. The second-order valence-corrected chi connectivity index (χ2v) is 6.04. The van der Waals surface area contributed by atoms with Gasteiger partial charge in [0.25, 0.3) is 0 Å². The summed E-state index contributed by atoms with van der Waals surface area (Å²) in [5.41, 5.74) is 5.62. The third-order valence-corrected chi connectivity index (χ3v) is 4.17. The first-order chi connectivity index (χ1) is 8.52. The molecule has 1 fully saturated rings. The van der Waals surface area contributed by atoms with E-state index in [1.54, 1.807) is 7.11 Å². The van der Waals surface area contributed by atoms with Crippen molar-refractivity contribution in [2.75, 3.05) is 7.11 Å². The number of halogens is 2. The molecule has 18 heavy (non-hydrogen) atoms. The average Bonchev–Trinajstić information content (AvgIpc) is 2.34. The molecule has 0 saturated heterocycles. The monoisotopic (exact) mass is 315 g/mol. The van der Waals surface area contributed by atoms with Gasteiger partial charge in [0.2, 0.25) is 0 Å². The molecule has 2 rings (SSSR count). The predicted octanol–water partition coefficient (Wildman–Crippen LogP) is 3.61. The number of hydrogen-bond acceptors (Lipinski definition) is 2. The van der Waals surface area contributed by atoms with E-state index in [1.807, 2.05) is 18.2 Å². The first-order valence-corrected chi connectivity index (χ1v) is 7.09. The molecule has 1 aliphatic rings. The number of methoxy groups -OCH3 is 1. The molecule has 1 aliphatic carbocycles. The lowest BCUT2D eigenvalue weighted by Gasteiger charge is -2.33.